The SMILES string of the molecule is CC(=O)N1CCCc2cc(S(=O)(=O)N3CCN(CCc4ccccc4)C(C)C3)ccc21. The van der Waals surface area contributed by atoms with Crippen LogP contribution in [0.3, 0.4) is 0 Å². The lowest BCUT2D eigenvalue weighted by Crippen LogP contribution is -2.53. The Morgan fingerprint density at radius 2 is 1.84 bits per heavy atom. The van der Waals surface area contributed by atoms with E-state index in [-0.39, 0.29) is 11.9 Å². The second kappa shape index (κ2) is 9.10. The molecule has 1 atom stereocenters. The fourth-order valence-corrected chi connectivity index (χ4v) is 6.20. The predicted molar refractivity (Wildman–Crippen MR) is 123 cm³/mol. The van der Waals surface area contributed by atoms with E-state index in [1.165, 1.54) is 5.56 Å². The molecular weight excluding hydrogens is 410 g/mol. The fraction of sp³-hybridized carbons (Fsp3) is 0.458. The summed E-state index contributed by atoms with van der Waals surface area (Å²) in [6, 6.07) is 15.8. The number of aryl methyl sites for hydroxylation is 1. The summed E-state index contributed by atoms with van der Waals surface area (Å²) in [7, 11) is -3.55. The molecule has 4 rings (SSSR count). The minimum atomic E-state index is -3.55. The fourth-order valence-electron chi connectivity index (χ4n) is 4.64. The number of amides is 1. The van der Waals surface area contributed by atoms with Crippen molar-refractivity contribution in [2.45, 2.75) is 44.0 Å². The maximum absolute atomic E-state index is 13.3. The number of sulfonamides is 1. The summed E-state index contributed by atoms with van der Waals surface area (Å²) in [5.41, 5.74) is 3.09. The Labute approximate surface area is 185 Å². The number of fused-ring (bicyclic) bond motifs is 1. The van der Waals surface area contributed by atoms with Crippen molar-refractivity contribution in [2.75, 3.05) is 37.6 Å². The molecule has 166 valence electrons. The topological polar surface area (TPSA) is 60.9 Å². The van der Waals surface area contributed by atoms with Gasteiger partial charge in [-0.3, -0.25) is 9.69 Å². The molecule has 1 unspecified atom stereocenters. The van der Waals surface area contributed by atoms with Crippen LogP contribution in [0, 0.1) is 0 Å². The highest BCUT2D eigenvalue weighted by Crippen LogP contribution is 2.31. The summed E-state index contributed by atoms with van der Waals surface area (Å²) >= 11 is 0. The van der Waals surface area contributed by atoms with E-state index < -0.39 is 10.0 Å². The number of piperazine rings is 1. The Morgan fingerprint density at radius 1 is 1.06 bits per heavy atom. The first-order chi connectivity index (χ1) is 14.9. The monoisotopic (exact) mass is 441 g/mol. The molecule has 0 spiro atoms. The molecule has 7 heteroatoms. The Bertz CT molecular complexity index is 1040. The highest BCUT2D eigenvalue weighted by Gasteiger charge is 2.33. The third kappa shape index (κ3) is 4.68. The Balaban J connectivity index is 1.44. The molecule has 0 saturated carbocycles. The number of carbonyl (C=O) groups excluding carboxylic acids is 1. The minimum Gasteiger partial charge on any atom is -0.312 e. The highest BCUT2D eigenvalue weighted by molar-refractivity contribution is 7.89. The number of rotatable bonds is 5. The van der Waals surface area contributed by atoms with Gasteiger partial charge in [-0.15, -0.1) is 0 Å². The zero-order valence-electron chi connectivity index (χ0n) is 18.3. The Kier molecular flexibility index (Phi) is 6.46. The largest absolute Gasteiger partial charge is 0.312 e. The van der Waals surface area contributed by atoms with Crippen LogP contribution >= 0.6 is 0 Å². The van der Waals surface area contributed by atoms with Crippen LogP contribution < -0.4 is 4.90 Å². The molecule has 0 radical (unpaired) electrons. The average Bonchev–Trinajstić information content (AvgIpc) is 2.78. The summed E-state index contributed by atoms with van der Waals surface area (Å²) in [5.74, 6) is -0.00277. The standard InChI is InChI=1S/C24H31N3O3S/c1-19-18-26(16-15-25(19)14-12-21-7-4-3-5-8-21)31(29,30)23-10-11-24-22(17-23)9-6-13-27(24)20(2)28/h3-5,7-8,10-11,17,19H,6,9,12-16,18H2,1-2H3. The minimum absolute atomic E-state index is 0.00277. The molecule has 31 heavy (non-hydrogen) atoms. The van der Waals surface area contributed by atoms with Crippen molar-refractivity contribution in [3.8, 4) is 0 Å². The summed E-state index contributed by atoms with van der Waals surface area (Å²) in [6.07, 6.45) is 2.62. The van der Waals surface area contributed by atoms with E-state index in [2.05, 4.69) is 36.1 Å². The van der Waals surface area contributed by atoms with Crippen molar-refractivity contribution in [3.05, 3.63) is 59.7 Å². The first-order valence-electron chi connectivity index (χ1n) is 11.1. The van der Waals surface area contributed by atoms with Crippen molar-refractivity contribution < 1.29 is 13.2 Å². The van der Waals surface area contributed by atoms with Gasteiger partial charge in [0.05, 0.1) is 4.90 Å². The molecule has 1 saturated heterocycles. The van der Waals surface area contributed by atoms with Crippen LogP contribution in [-0.4, -0.2) is 62.3 Å². The van der Waals surface area contributed by atoms with Crippen molar-refractivity contribution in [2.24, 2.45) is 0 Å². The van der Waals surface area contributed by atoms with E-state index in [0.717, 1.165) is 43.6 Å². The van der Waals surface area contributed by atoms with Gasteiger partial charge in [-0.05, 0) is 55.5 Å². The maximum atomic E-state index is 13.3. The first kappa shape index (κ1) is 22.0. The lowest BCUT2D eigenvalue weighted by Gasteiger charge is -2.39. The molecular formula is C24H31N3O3S. The zero-order chi connectivity index (χ0) is 22.0. The molecule has 2 aliphatic heterocycles. The number of carbonyl (C=O) groups is 1. The van der Waals surface area contributed by atoms with Crippen molar-refractivity contribution in [3.63, 3.8) is 0 Å². The third-order valence-electron chi connectivity index (χ3n) is 6.45. The van der Waals surface area contributed by atoms with Gasteiger partial charge in [0.25, 0.3) is 0 Å². The van der Waals surface area contributed by atoms with E-state index in [1.54, 1.807) is 34.3 Å². The van der Waals surface area contributed by atoms with E-state index in [9.17, 15) is 13.2 Å². The first-order valence-corrected chi connectivity index (χ1v) is 12.5. The van der Waals surface area contributed by atoms with Gasteiger partial charge in [0.2, 0.25) is 15.9 Å². The number of hydrogen-bond donors (Lipinski definition) is 0. The zero-order valence-corrected chi connectivity index (χ0v) is 19.1. The smallest absolute Gasteiger partial charge is 0.243 e. The molecule has 2 aliphatic rings. The van der Waals surface area contributed by atoms with Gasteiger partial charge in [-0.25, -0.2) is 8.42 Å². The van der Waals surface area contributed by atoms with Crippen molar-refractivity contribution >= 4 is 21.6 Å². The lowest BCUT2D eigenvalue weighted by atomic mass is 10.0. The van der Waals surface area contributed by atoms with E-state index in [1.807, 2.05) is 6.07 Å². The second-order valence-electron chi connectivity index (χ2n) is 8.55. The van der Waals surface area contributed by atoms with Crippen LogP contribution in [0.4, 0.5) is 5.69 Å². The van der Waals surface area contributed by atoms with E-state index >= 15 is 0 Å². The number of hydrogen-bond acceptors (Lipinski definition) is 4. The van der Waals surface area contributed by atoms with Crippen LogP contribution in [0.2, 0.25) is 0 Å². The summed E-state index contributed by atoms with van der Waals surface area (Å²) in [5, 5.41) is 0. The third-order valence-corrected chi connectivity index (χ3v) is 8.31. The molecule has 2 aromatic carbocycles. The number of benzene rings is 2. The van der Waals surface area contributed by atoms with Crippen molar-refractivity contribution in [1.29, 1.82) is 0 Å². The van der Waals surface area contributed by atoms with Crippen LogP contribution in [0.5, 0.6) is 0 Å². The Morgan fingerprint density at radius 3 is 2.55 bits per heavy atom. The van der Waals surface area contributed by atoms with Crippen LogP contribution in [0.25, 0.3) is 0 Å². The molecule has 6 nitrogen and oxygen atoms in total. The molecule has 0 aliphatic carbocycles. The molecule has 0 N–H and O–H groups in total. The van der Waals surface area contributed by atoms with Crippen molar-refractivity contribution in [1.82, 2.24) is 9.21 Å². The second-order valence-corrected chi connectivity index (χ2v) is 10.5. The maximum Gasteiger partial charge on any atom is 0.243 e. The van der Waals surface area contributed by atoms with Crippen LogP contribution in [-0.2, 0) is 27.7 Å². The van der Waals surface area contributed by atoms with Gasteiger partial charge in [-0.2, -0.15) is 4.31 Å². The van der Waals surface area contributed by atoms with Gasteiger partial charge < -0.3 is 4.90 Å². The predicted octanol–water partition coefficient (Wildman–Crippen LogP) is 2.92. The normalized spacial score (nSPS) is 20.5. The summed E-state index contributed by atoms with van der Waals surface area (Å²) in [4.78, 5) is 16.3. The quantitative estimate of drug-likeness (QED) is 0.716. The summed E-state index contributed by atoms with van der Waals surface area (Å²) in [6.45, 7) is 7.00. The van der Waals surface area contributed by atoms with Crippen LogP contribution in [0.15, 0.2) is 53.4 Å². The Hall–Kier alpha value is -2.22. The van der Waals surface area contributed by atoms with Crippen LogP contribution in [0.1, 0.15) is 31.4 Å². The van der Waals surface area contributed by atoms with E-state index in [4.69, 9.17) is 0 Å². The van der Waals surface area contributed by atoms with E-state index in [0.29, 0.717) is 24.5 Å². The number of nitrogens with zero attached hydrogens (tertiary/aromatic N) is 3. The van der Waals surface area contributed by atoms with Gasteiger partial charge in [0, 0.05) is 51.4 Å². The molecule has 0 bridgehead atoms. The summed E-state index contributed by atoms with van der Waals surface area (Å²) < 4.78 is 28.3. The van der Waals surface area contributed by atoms with Gasteiger partial charge >= 0.3 is 0 Å². The highest BCUT2D eigenvalue weighted by atomic mass is 32.2. The lowest BCUT2D eigenvalue weighted by molar-refractivity contribution is -0.116. The average molecular weight is 442 g/mol. The number of anilines is 1. The molecule has 2 heterocycles. The molecule has 2 aromatic rings. The molecule has 1 fully saturated rings. The molecule has 0 aromatic heterocycles. The van der Waals surface area contributed by atoms with Gasteiger partial charge in [0.1, 0.15) is 0 Å². The van der Waals surface area contributed by atoms with Gasteiger partial charge in [0.15, 0.2) is 0 Å². The van der Waals surface area contributed by atoms with Gasteiger partial charge in [-0.1, -0.05) is 30.3 Å². The molecule has 1 amide bonds.